The van der Waals surface area contributed by atoms with Crippen molar-refractivity contribution in [1.29, 1.82) is 0 Å². The summed E-state index contributed by atoms with van der Waals surface area (Å²) in [7, 11) is 0. The van der Waals surface area contributed by atoms with Crippen LogP contribution in [0.1, 0.15) is 25.3 Å². The highest BCUT2D eigenvalue weighted by Crippen LogP contribution is 2.38. The molecule has 1 aromatic carbocycles. The van der Waals surface area contributed by atoms with Gasteiger partial charge in [0, 0.05) is 38.8 Å². The largest absolute Gasteiger partial charge is 0.486 e. The molecule has 0 aliphatic carbocycles. The van der Waals surface area contributed by atoms with Crippen LogP contribution in [0, 0.1) is 5.92 Å². The summed E-state index contributed by atoms with van der Waals surface area (Å²) in [4.78, 5) is 4.62. The first-order valence-corrected chi connectivity index (χ1v) is 10.9. The van der Waals surface area contributed by atoms with Crippen LogP contribution in [-0.2, 0) is 15.9 Å². The van der Waals surface area contributed by atoms with Gasteiger partial charge in [0.2, 0.25) is 0 Å². The fourth-order valence-electron chi connectivity index (χ4n) is 3.30. The van der Waals surface area contributed by atoms with E-state index in [1.165, 1.54) is 0 Å². The number of nitrogens with zero attached hydrogens (tertiary/aromatic N) is 1. The standard InChI is InChI=1S/C21H32ClN3O4/c1-2-23-21(24-6-3-8-26-14-17-5-9-27-15-17)25-7-4-16-12-18(22)20-19(13-16)28-10-11-29-20/h12-13,17H,2-11,14-15H2,1H3,(H2,23,24,25). The quantitative estimate of drug-likeness (QED) is 0.341. The molecule has 29 heavy (non-hydrogen) atoms. The van der Waals surface area contributed by atoms with Crippen LogP contribution in [0.5, 0.6) is 11.5 Å². The first-order valence-electron chi connectivity index (χ1n) is 10.5. The van der Waals surface area contributed by atoms with Crippen molar-refractivity contribution in [1.82, 2.24) is 10.6 Å². The Morgan fingerprint density at radius 1 is 1.24 bits per heavy atom. The fraction of sp³-hybridized carbons (Fsp3) is 0.667. The van der Waals surface area contributed by atoms with Gasteiger partial charge in [-0.2, -0.15) is 0 Å². The maximum atomic E-state index is 6.31. The number of guanidine groups is 1. The van der Waals surface area contributed by atoms with Crippen LogP contribution in [0.2, 0.25) is 5.02 Å². The molecule has 2 aliphatic heterocycles. The minimum Gasteiger partial charge on any atom is -0.486 e. The fourth-order valence-corrected chi connectivity index (χ4v) is 3.59. The van der Waals surface area contributed by atoms with Crippen molar-refractivity contribution in [3.63, 3.8) is 0 Å². The molecule has 2 aliphatic rings. The van der Waals surface area contributed by atoms with Crippen molar-refractivity contribution in [2.24, 2.45) is 10.9 Å². The summed E-state index contributed by atoms with van der Waals surface area (Å²) in [6.45, 7) is 8.68. The Morgan fingerprint density at radius 3 is 2.97 bits per heavy atom. The normalized spacial score (nSPS) is 18.7. The lowest BCUT2D eigenvalue weighted by Crippen LogP contribution is -2.38. The summed E-state index contributed by atoms with van der Waals surface area (Å²) in [6.07, 6.45) is 2.83. The number of halogens is 1. The lowest BCUT2D eigenvalue weighted by molar-refractivity contribution is 0.0893. The van der Waals surface area contributed by atoms with E-state index in [4.69, 9.17) is 30.5 Å². The number of benzene rings is 1. The maximum absolute atomic E-state index is 6.31. The molecule has 0 bridgehead atoms. The van der Waals surface area contributed by atoms with Gasteiger partial charge in [0.15, 0.2) is 17.5 Å². The van der Waals surface area contributed by atoms with Gasteiger partial charge in [0.05, 0.1) is 18.2 Å². The van der Waals surface area contributed by atoms with Crippen LogP contribution in [0.3, 0.4) is 0 Å². The maximum Gasteiger partial charge on any atom is 0.191 e. The van der Waals surface area contributed by atoms with Gasteiger partial charge >= 0.3 is 0 Å². The Bertz CT molecular complexity index is 666. The number of hydrogen-bond donors (Lipinski definition) is 2. The van der Waals surface area contributed by atoms with Gasteiger partial charge in [-0.3, -0.25) is 4.99 Å². The van der Waals surface area contributed by atoms with E-state index in [0.717, 1.165) is 82.6 Å². The molecule has 0 amide bonds. The lowest BCUT2D eigenvalue weighted by atomic mass is 10.1. The second-order valence-corrected chi connectivity index (χ2v) is 7.60. The van der Waals surface area contributed by atoms with Crippen molar-refractivity contribution in [2.75, 3.05) is 59.3 Å². The third-order valence-corrected chi connectivity index (χ3v) is 5.08. The van der Waals surface area contributed by atoms with Crippen LogP contribution >= 0.6 is 11.6 Å². The molecule has 2 heterocycles. The average molecular weight is 426 g/mol. The van der Waals surface area contributed by atoms with Gasteiger partial charge in [0.1, 0.15) is 13.2 Å². The smallest absolute Gasteiger partial charge is 0.191 e. The second kappa shape index (κ2) is 12.1. The zero-order valence-corrected chi connectivity index (χ0v) is 17.9. The van der Waals surface area contributed by atoms with Gasteiger partial charge in [-0.05, 0) is 43.9 Å². The molecule has 1 atom stereocenters. The summed E-state index contributed by atoms with van der Waals surface area (Å²) in [5.74, 6) is 2.75. The van der Waals surface area contributed by atoms with E-state index >= 15 is 0 Å². The van der Waals surface area contributed by atoms with Crippen LogP contribution in [0.25, 0.3) is 0 Å². The highest BCUT2D eigenvalue weighted by Gasteiger charge is 2.17. The van der Waals surface area contributed by atoms with Crippen LogP contribution in [0.15, 0.2) is 17.1 Å². The summed E-state index contributed by atoms with van der Waals surface area (Å²) in [5, 5.41) is 7.25. The zero-order valence-electron chi connectivity index (χ0n) is 17.2. The Morgan fingerprint density at radius 2 is 2.14 bits per heavy atom. The van der Waals surface area contributed by atoms with Gasteiger partial charge in [-0.1, -0.05) is 11.6 Å². The Balaban J connectivity index is 1.37. The Hall–Kier alpha value is -1.70. The number of nitrogens with one attached hydrogen (secondary N) is 2. The van der Waals surface area contributed by atoms with Crippen molar-refractivity contribution in [3.05, 3.63) is 22.7 Å². The first-order chi connectivity index (χ1) is 14.3. The third-order valence-electron chi connectivity index (χ3n) is 4.80. The lowest BCUT2D eigenvalue weighted by Gasteiger charge is -2.20. The number of aliphatic imine (C=N–C) groups is 1. The minimum atomic E-state index is 0.538. The molecule has 1 aromatic rings. The van der Waals surface area contributed by atoms with E-state index in [9.17, 15) is 0 Å². The zero-order chi connectivity index (χ0) is 20.3. The molecule has 3 rings (SSSR count). The van der Waals surface area contributed by atoms with Crippen molar-refractivity contribution >= 4 is 17.6 Å². The predicted octanol–water partition coefficient (Wildman–Crippen LogP) is 2.65. The van der Waals surface area contributed by atoms with Crippen molar-refractivity contribution in [3.8, 4) is 11.5 Å². The van der Waals surface area contributed by atoms with Gasteiger partial charge in [-0.25, -0.2) is 0 Å². The van der Waals surface area contributed by atoms with E-state index in [1.807, 2.05) is 12.1 Å². The SMILES string of the molecule is CCNC(=NCCCOCC1CCOC1)NCCc1cc(Cl)c2c(c1)OCCO2. The third kappa shape index (κ3) is 7.24. The number of fused-ring (bicyclic) bond motifs is 1. The molecular formula is C21H32ClN3O4. The van der Waals surface area contributed by atoms with Crippen molar-refractivity contribution in [2.45, 2.75) is 26.2 Å². The molecule has 1 saturated heterocycles. The van der Waals surface area contributed by atoms with Crippen LogP contribution in [0.4, 0.5) is 0 Å². The minimum absolute atomic E-state index is 0.538. The highest BCUT2D eigenvalue weighted by atomic mass is 35.5. The molecule has 0 radical (unpaired) electrons. The first kappa shape index (κ1) is 22.0. The highest BCUT2D eigenvalue weighted by molar-refractivity contribution is 6.32. The molecular weight excluding hydrogens is 394 g/mol. The predicted molar refractivity (Wildman–Crippen MR) is 114 cm³/mol. The van der Waals surface area contributed by atoms with Gasteiger partial charge in [0.25, 0.3) is 0 Å². The topological polar surface area (TPSA) is 73.3 Å². The van der Waals surface area contributed by atoms with Crippen LogP contribution in [-0.4, -0.2) is 65.2 Å². The molecule has 8 heteroatoms. The molecule has 0 spiro atoms. The van der Waals surface area contributed by atoms with Crippen LogP contribution < -0.4 is 20.1 Å². The van der Waals surface area contributed by atoms with E-state index in [0.29, 0.717) is 29.9 Å². The number of rotatable bonds is 10. The summed E-state index contributed by atoms with van der Waals surface area (Å²) in [5.41, 5.74) is 1.10. The Kier molecular flexibility index (Phi) is 9.18. The number of hydrogen-bond acceptors (Lipinski definition) is 5. The average Bonchev–Trinajstić information content (AvgIpc) is 3.24. The van der Waals surface area contributed by atoms with E-state index in [2.05, 4.69) is 22.5 Å². The molecule has 2 N–H and O–H groups in total. The molecule has 1 fully saturated rings. The Labute approximate surface area is 178 Å². The molecule has 7 nitrogen and oxygen atoms in total. The summed E-state index contributed by atoms with van der Waals surface area (Å²) >= 11 is 6.31. The van der Waals surface area contributed by atoms with Gasteiger partial charge in [-0.15, -0.1) is 0 Å². The van der Waals surface area contributed by atoms with E-state index in [1.54, 1.807) is 0 Å². The summed E-state index contributed by atoms with van der Waals surface area (Å²) in [6, 6.07) is 3.94. The molecule has 0 saturated carbocycles. The van der Waals surface area contributed by atoms with Gasteiger partial charge < -0.3 is 29.6 Å². The number of ether oxygens (including phenoxy) is 4. The monoisotopic (exact) mass is 425 g/mol. The molecule has 0 aromatic heterocycles. The van der Waals surface area contributed by atoms with E-state index in [-0.39, 0.29) is 0 Å². The van der Waals surface area contributed by atoms with Crippen molar-refractivity contribution < 1.29 is 18.9 Å². The second-order valence-electron chi connectivity index (χ2n) is 7.20. The summed E-state index contributed by atoms with van der Waals surface area (Å²) < 4.78 is 22.3. The molecule has 162 valence electrons. The molecule has 1 unspecified atom stereocenters. The van der Waals surface area contributed by atoms with E-state index < -0.39 is 0 Å².